The lowest BCUT2D eigenvalue weighted by atomic mass is 10.3. The molecule has 3 aromatic rings. The normalized spacial score (nSPS) is 11.0. The van der Waals surface area contributed by atoms with Crippen molar-refractivity contribution in [2.45, 2.75) is 6.92 Å². The number of hydrogen-bond donors (Lipinski definition) is 1. The molecule has 18 heavy (non-hydrogen) atoms. The highest BCUT2D eigenvalue weighted by atomic mass is 32.1. The van der Waals surface area contributed by atoms with Crippen molar-refractivity contribution >= 4 is 27.5 Å². The van der Waals surface area contributed by atoms with Crippen molar-refractivity contribution in [2.75, 3.05) is 5.73 Å². The van der Waals surface area contributed by atoms with Crippen molar-refractivity contribution < 1.29 is 4.74 Å². The molecular weight excluding hydrogens is 250 g/mol. The minimum atomic E-state index is 0.211. The van der Waals surface area contributed by atoms with Crippen LogP contribution in [0, 0.1) is 6.92 Å². The SMILES string of the molecule is Cc1cc2c(Oc3cnn(C)c3)nc(N)nc2s1. The topological polar surface area (TPSA) is 78.8 Å². The number of thiophene rings is 1. The largest absolute Gasteiger partial charge is 0.435 e. The molecule has 0 unspecified atom stereocenters. The molecule has 0 radical (unpaired) electrons. The Morgan fingerprint density at radius 2 is 2.22 bits per heavy atom. The molecule has 0 saturated heterocycles. The maximum atomic E-state index is 5.70. The highest BCUT2D eigenvalue weighted by Crippen LogP contribution is 2.32. The van der Waals surface area contributed by atoms with Gasteiger partial charge in [-0.1, -0.05) is 0 Å². The van der Waals surface area contributed by atoms with Crippen molar-refractivity contribution in [2.24, 2.45) is 7.05 Å². The maximum absolute atomic E-state index is 5.70. The number of aromatic nitrogens is 4. The van der Waals surface area contributed by atoms with Gasteiger partial charge in [0.15, 0.2) is 5.75 Å². The molecule has 6 nitrogen and oxygen atoms in total. The van der Waals surface area contributed by atoms with Gasteiger partial charge in [0, 0.05) is 11.9 Å². The quantitative estimate of drug-likeness (QED) is 0.764. The summed E-state index contributed by atoms with van der Waals surface area (Å²) in [5.41, 5.74) is 5.68. The third-order valence-corrected chi connectivity index (χ3v) is 3.34. The molecule has 2 N–H and O–H groups in total. The fourth-order valence-corrected chi connectivity index (χ4v) is 2.55. The van der Waals surface area contributed by atoms with Gasteiger partial charge >= 0.3 is 0 Å². The lowest BCUT2D eigenvalue weighted by molar-refractivity contribution is 0.468. The van der Waals surface area contributed by atoms with Gasteiger partial charge in [-0.05, 0) is 13.0 Å². The zero-order chi connectivity index (χ0) is 12.7. The van der Waals surface area contributed by atoms with E-state index >= 15 is 0 Å². The number of aryl methyl sites for hydroxylation is 2. The van der Waals surface area contributed by atoms with E-state index in [2.05, 4.69) is 15.1 Å². The number of nitrogen functional groups attached to an aromatic ring is 1. The first kappa shape index (κ1) is 11.0. The lowest BCUT2D eigenvalue weighted by Crippen LogP contribution is -1.96. The fourth-order valence-electron chi connectivity index (χ4n) is 1.67. The molecule has 7 heteroatoms. The first-order chi connectivity index (χ1) is 8.61. The molecule has 3 rings (SSSR count). The molecule has 3 heterocycles. The number of hydrogen-bond acceptors (Lipinski definition) is 6. The van der Waals surface area contributed by atoms with E-state index in [1.54, 1.807) is 28.4 Å². The molecule has 0 bridgehead atoms. The maximum Gasteiger partial charge on any atom is 0.233 e. The van der Waals surface area contributed by atoms with E-state index in [9.17, 15) is 0 Å². The Labute approximate surface area is 107 Å². The summed E-state index contributed by atoms with van der Waals surface area (Å²) < 4.78 is 7.36. The molecule has 0 spiro atoms. The van der Waals surface area contributed by atoms with E-state index in [-0.39, 0.29) is 5.95 Å². The summed E-state index contributed by atoms with van der Waals surface area (Å²) >= 11 is 1.56. The summed E-state index contributed by atoms with van der Waals surface area (Å²) in [6, 6.07) is 1.99. The fraction of sp³-hybridized carbons (Fsp3) is 0.182. The van der Waals surface area contributed by atoms with Crippen molar-refractivity contribution in [1.82, 2.24) is 19.7 Å². The van der Waals surface area contributed by atoms with Gasteiger partial charge < -0.3 is 10.5 Å². The van der Waals surface area contributed by atoms with Gasteiger partial charge in [0.25, 0.3) is 0 Å². The molecule has 0 aliphatic heterocycles. The Morgan fingerprint density at radius 3 is 2.94 bits per heavy atom. The van der Waals surface area contributed by atoms with Gasteiger partial charge in [-0.3, -0.25) is 4.68 Å². The van der Waals surface area contributed by atoms with Crippen LogP contribution in [0.25, 0.3) is 10.2 Å². The minimum absolute atomic E-state index is 0.211. The van der Waals surface area contributed by atoms with E-state index in [0.29, 0.717) is 11.6 Å². The smallest absolute Gasteiger partial charge is 0.233 e. The first-order valence-corrected chi connectivity index (χ1v) is 6.13. The Kier molecular flexibility index (Phi) is 2.41. The van der Waals surface area contributed by atoms with Crippen molar-refractivity contribution in [3.63, 3.8) is 0 Å². The van der Waals surface area contributed by atoms with Crippen LogP contribution < -0.4 is 10.5 Å². The standard InChI is InChI=1S/C11H11N5OS/c1-6-3-8-9(14-11(12)15-10(8)18-6)17-7-4-13-16(2)5-7/h3-5H,1-2H3,(H2,12,14,15). The molecule has 3 aromatic heterocycles. The van der Waals surface area contributed by atoms with E-state index < -0.39 is 0 Å². The number of ether oxygens (including phenoxy) is 1. The van der Waals surface area contributed by atoms with Crippen LogP contribution in [0.5, 0.6) is 11.6 Å². The second-order valence-electron chi connectivity index (χ2n) is 3.91. The molecule has 0 aliphatic rings. The van der Waals surface area contributed by atoms with E-state index in [1.165, 1.54) is 0 Å². The monoisotopic (exact) mass is 261 g/mol. The van der Waals surface area contributed by atoms with Gasteiger partial charge in [0.2, 0.25) is 11.8 Å². The van der Waals surface area contributed by atoms with E-state index in [4.69, 9.17) is 10.5 Å². The highest BCUT2D eigenvalue weighted by molar-refractivity contribution is 7.18. The predicted molar refractivity (Wildman–Crippen MR) is 69.8 cm³/mol. The Bertz CT molecular complexity index is 717. The molecule has 0 fully saturated rings. The van der Waals surface area contributed by atoms with Crippen LogP contribution in [0.3, 0.4) is 0 Å². The van der Waals surface area contributed by atoms with Crippen molar-refractivity contribution in [3.05, 3.63) is 23.3 Å². The number of nitrogens with zero attached hydrogens (tertiary/aromatic N) is 4. The third-order valence-electron chi connectivity index (χ3n) is 2.39. The average Bonchev–Trinajstić information content (AvgIpc) is 2.84. The minimum Gasteiger partial charge on any atom is -0.435 e. The van der Waals surface area contributed by atoms with Crippen LogP contribution in [0.1, 0.15) is 4.88 Å². The van der Waals surface area contributed by atoms with E-state index in [0.717, 1.165) is 15.1 Å². The molecule has 0 amide bonds. The third kappa shape index (κ3) is 1.88. The molecule has 0 saturated carbocycles. The van der Waals surface area contributed by atoms with Crippen LogP contribution in [-0.4, -0.2) is 19.7 Å². The summed E-state index contributed by atoms with van der Waals surface area (Å²) in [7, 11) is 1.82. The average molecular weight is 261 g/mol. The summed E-state index contributed by atoms with van der Waals surface area (Å²) in [6.07, 6.45) is 3.40. The number of rotatable bonds is 2. The van der Waals surface area contributed by atoms with Gasteiger partial charge in [0.05, 0.1) is 17.8 Å². The Balaban J connectivity index is 2.10. The number of fused-ring (bicyclic) bond motifs is 1. The molecular formula is C11H11N5OS. The van der Waals surface area contributed by atoms with E-state index in [1.807, 2.05) is 20.0 Å². The first-order valence-electron chi connectivity index (χ1n) is 5.32. The lowest BCUT2D eigenvalue weighted by Gasteiger charge is -2.03. The number of nitrogens with two attached hydrogens (primary N) is 1. The second-order valence-corrected chi connectivity index (χ2v) is 5.15. The van der Waals surface area contributed by atoms with Gasteiger partial charge in [-0.2, -0.15) is 10.1 Å². The Hall–Kier alpha value is -2.15. The van der Waals surface area contributed by atoms with Crippen LogP contribution in [0.2, 0.25) is 0 Å². The summed E-state index contributed by atoms with van der Waals surface area (Å²) in [4.78, 5) is 10.3. The van der Waals surface area contributed by atoms with Crippen LogP contribution in [0.15, 0.2) is 18.5 Å². The highest BCUT2D eigenvalue weighted by Gasteiger charge is 2.11. The van der Waals surface area contributed by atoms with Crippen LogP contribution >= 0.6 is 11.3 Å². The number of anilines is 1. The summed E-state index contributed by atoms with van der Waals surface area (Å²) in [6.45, 7) is 2.01. The zero-order valence-corrected chi connectivity index (χ0v) is 10.7. The zero-order valence-electron chi connectivity index (χ0n) is 9.91. The van der Waals surface area contributed by atoms with Crippen molar-refractivity contribution in [3.8, 4) is 11.6 Å². The van der Waals surface area contributed by atoms with Crippen LogP contribution in [0.4, 0.5) is 5.95 Å². The molecule has 92 valence electrons. The van der Waals surface area contributed by atoms with Gasteiger partial charge in [-0.15, -0.1) is 11.3 Å². The van der Waals surface area contributed by atoms with Crippen molar-refractivity contribution in [1.29, 1.82) is 0 Å². The second kappa shape index (κ2) is 3.95. The van der Waals surface area contributed by atoms with Crippen LogP contribution in [-0.2, 0) is 7.05 Å². The van der Waals surface area contributed by atoms with Gasteiger partial charge in [0.1, 0.15) is 4.83 Å². The predicted octanol–water partition coefficient (Wildman–Crippen LogP) is 2.11. The summed E-state index contributed by atoms with van der Waals surface area (Å²) in [5, 5.41) is 4.91. The molecule has 0 aliphatic carbocycles. The molecule has 0 aromatic carbocycles. The summed E-state index contributed by atoms with van der Waals surface area (Å²) in [5.74, 6) is 1.30. The Morgan fingerprint density at radius 1 is 1.39 bits per heavy atom. The van der Waals surface area contributed by atoms with Gasteiger partial charge in [-0.25, -0.2) is 4.98 Å². The molecule has 0 atom stereocenters.